The summed E-state index contributed by atoms with van der Waals surface area (Å²) in [6, 6.07) is 0. The third kappa shape index (κ3) is 3.51. The van der Waals surface area contributed by atoms with Crippen LogP contribution in [0.5, 0.6) is 0 Å². The maximum Gasteiger partial charge on any atom is 0.278 e. The second-order valence-corrected chi connectivity index (χ2v) is 2.22. The van der Waals surface area contributed by atoms with Gasteiger partial charge in [0.1, 0.15) is 5.97 Å². The van der Waals surface area contributed by atoms with E-state index in [2.05, 4.69) is 11.5 Å². The molecule has 0 radical (unpaired) electrons. The van der Waals surface area contributed by atoms with E-state index in [0.717, 1.165) is 0 Å². The van der Waals surface area contributed by atoms with Gasteiger partial charge in [0.15, 0.2) is 0 Å². The average Bonchev–Trinajstić information content (AvgIpc) is 1.84. The Labute approximate surface area is 62.2 Å². The highest BCUT2D eigenvalue weighted by Gasteiger charge is 2.30. The van der Waals surface area contributed by atoms with Crippen molar-refractivity contribution >= 4 is 11.9 Å². The average molecular weight is 164 g/mol. The lowest BCUT2D eigenvalue weighted by atomic mass is 10.1. The zero-order chi connectivity index (χ0) is 9.07. The monoisotopic (exact) mass is 164 g/mol. The number of halogens is 1. The number of aliphatic carboxylic acids is 1. The number of hydrogen-bond donors (Lipinski definition) is 2. The molecule has 0 aromatic carbocycles. The molecule has 0 spiro atoms. The maximum absolute atomic E-state index is 12.6. The van der Waals surface area contributed by atoms with Gasteiger partial charge in [0, 0.05) is 12.8 Å². The van der Waals surface area contributed by atoms with Crippen molar-refractivity contribution in [2.24, 2.45) is 5.73 Å². The van der Waals surface area contributed by atoms with Crippen molar-refractivity contribution in [1.29, 1.82) is 0 Å². The molecule has 11 heavy (non-hydrogen) atoms. The first-order valence-corrected chi connectivity index (χ1v) is 2.90. The second kappa shape index (κ2) is 3.29. The molecular formula is C5H9FN2O3. The van der Waals surface area contributed by atoms with Crippen molar-refractivity contribution < 1.29 is 24.8 Å². The number of carboxylic acid groups (broad SMARTS) is 1. The molecule has 64 valence electrons. The zero-order valence-electron chi connectivity index (χ0n) is 5.80. The Morgan fingerprint density at radius 3 is 2.36 bits per heavy atom. The smallest absolute Gasteiger partial charge is 0.278 e. The van der Waals surface area contributed by atoms with Gasteiger partial charge in [-0.25, -0.2) is 0 Å². The van der Waals surface area contributed by atoms with E-state index in [1.54, 1.807) is 0 Å². The first-order valence-electron chi connectivity index (χ1n) is 2.90. The summed E-state index contributed by atoms with van der Waals surface area (Å²) in [5.74, 6) is -5.41. The van der Waals surface area contributed by atoms with Crippen LogP contribution in [0.3, 0.4) is 0 Å². The molecule has 0 unspecified atom stereocenters. The van der Waals surface area contributed by atoms with Gasteiger partial charge < -0.3 is 21.4 Å². The SMILES string of the molecule is NC(=O)CC[C@]([NH3+])(F)C(=O)[O-]. The maximum atomic E-state index is 12.6. The molecule has 0 rings (SSSR count). The molecule has 5 N–H and O–H groups in total. The van der Waals surface area contributed by atoms with Gasteiger partial charge in [-0.2, -0.15) is 4.39 Å². The van der Waals surface area contributed by atoms with E-state index in [4.69, 9.17) is 0 Å². The third-order valence-electron chi connectivity index (χ3n) is 1.13. The van der Waals surface area contributed by atoms with E-state index < -0.39 is 24.1 Å². The summed E-state index contributed by atoms with van der Waals surface area (Å²) >= 11 is 0. The molecule has 1 amide bonds. The molecule has 0 aromatic heterocycles. The van der Waals surface area contributed by atoms with Gasteiger partial charge in [0.2, 0.25) is 5.91 Å². The molecular weight excluding hydrogens is 155 g/mol. The number of carboxylic acids is 1. The number of rotatable bonds is 4. The van der Waals surface area contributed by atoms with Crippen molar-refractivity contribution in [3.63, 3.8) is 0 Å². The van der Waals surface area contributed by atoms with Gasteiger partial charge in [-0.3, -0.25) is 4.79 Å². The van der Waals surface area contributed by atoms with Crippen LogP contribution in [0.4, 0.5) is 4.39 Å². The minimum atomic E-state index is -2.71. The predicted octanol–water partition coefficient (Wildman–Crippen LogP) is -3.09. The molecule has 0 aliphatic rings. The van der Waals surface area contributed by atoms with Crippen LogP contribution in [0.2, 0.25) is 0 Å². The molecule has 5 nitrogen and oxygen atoms in total. The topological polar surface area (TPSA) is 111 Å². The van der Waals surface area contributed by atoms with Gasteiger partial charge >= 0.3 is 0 Å². The third-order valence-corrected chi connectivity index (χ3v) is 1.13. The van der Waals surface area contributed by atoms with Crippen LogP contribution in [0.1, 0.15) is 12.8 Å². The molecule has 0 aliphatic carbocycles. The van der Waals surface area contributed by atoms with Gasteiger partial charge in [-0.15, -0.1) is 0 Å². The Balaban J connectivity index is 3.92. The van der Waals surface area contributed by atoms with E-state index in [1.165, 1.54) is 0 Å². The van der Waals surface area contributed by atoms with Crippen LogP contribution in [0.25, 0.3) is 0 Å². The molecule has 0 aromatic rings. The number of quaternary nitrogens is 1. The Morgan fingerprint density at radius 1 is 1.64 bits per heavy atom. The number of alkyl halides is 1. The second-order valence-electron chi connectivity index (χ2n) is 2.22. The molecule has 0 heterocycles. The van der Waals surface area contributed by atoms with Crippen molar-refractivity contribution in [3.05, 3.63) is 0 Å². The fourth-order valence-electron chi connectivity index (χ4n) is 0.423. The van der Waals surface area contributed by atoms with Crippen molar-refractivity contribution in [1.82, 2.24) is 0 Å². The van der Waals surface area contributed by atoms with Crippen LogP contribution >= 0.6 is 0 Å². The molecule has 0 bridgehead atoms. The van der Waals surface area contributed by atoms with Crippen LogP contribution in [-0.2, 0) is 9.59 Å². The van der Waals surface area contributed by atoms with Gasteiger partial charge in [0.05, 0.1) is 0 Å². The minimum Gasteiger partial charge on any atom is -0.542 e. The lowest BCUT2D eigenvalue weighted by Crippen LogP contribution is -2.77. The van der Waals surface area contributed by atoms with Crippen LogP contribution in [-0.4, -0.2) is 17.7 Å². The Kier molecular flexibility index (Phi) is 2.94. The quantitative estimate of drug-likeness (QED) is 0.429. The Hall–Kier alpha value is -1.17. The van der Waals surface area contributed by atoms with E-state index >= 15 is 0 Å². The highest BCUT2D eigenvalue weighted by Crippen LogP contribution is 2.06. The first-order chi connectivity index (χ1) is 4.86. The number of carbonyl (C=O) groups excluding carboxylic acids is 2. The molecule has 1 atom stereocenters. The number of hydrogen-bond acceptors (Lipinski definition) is 3. The fraction of sp³-hybridized carbons (Fsp3) is 0.600. The lowest BCUT2D eigenvalue weighted by Gasteiger charge is -2.15. The predicted molar refractivity (Wildman–Crippen MR) is 30.2 cm³/mol. The van der Waals surface area contributed by atoms with Crippen LogP contribution < -0.4 is 16.6 Å². The largest absolute Gasteiger partial charge is 0.542 e. The molecule has 0 fully saturated rings. The van der Waals surface area contributed by atoms with Gasteiger partial charge in [-0.1, -0.05) is 0 Å². The van der Waals surface area contributed by atoms with Gasteiger partial charge in [-0.05, 0) is 0 Å². The first kappa shape index (κ1) is 9.83. The summed E-state index contributed by atoms with van der Waals surface area (Å²) in [5, 5.41) is 9.93. The normalized spacial score (nSPS) is 15.5. The summed E-state index contributed by atoms with van der Waals surface area (Å²) < 4.78 is 12.6. The Bertz CT molecular complexity index is 181. The van der Waals surface area contributed by atoms with E-state index in [-0.39, 0.29) is 6.42 Å². The molecule has 6 heteroatoms. The highest BCUT2D eigenvalue weighted by atomic mass is 19.1. The Morgan fingerprint density at radius 2 is 2.09 bits per heavy atom. The molecule has 0 saturated carbocycles. The van der Waals surface area contributed by atoms with Crippen molar-refractivity contribution in [3.8, 4) is 0 Å². The number of carbonyl (C=O) groups is 2. The number of primary amides is 1. The van der Waals surface area contributed by atoms with Crippen LogP contribution in [0.15, 0.2) is 0 Å². The zero-order valence-corrected chi connectivity index (χ0v) is 5.80. The summed E-state index contributed by atoms with van der Waals surface area (Å²) in [5.41, 5.74) is 7.36. The minimum absolute atomic E-state index is 0.353. The van der Waals surface area contributed by atoms with E-state index in [9.17, 15) is 19.1 Å². The van der Waals surface area contributed by atoms with E-state index in [1.807, 2.05) is 0 Å². The summed E-state index contributed by atoms with van der Waals surface area (Å²) in [6.45, 7) is 0. The van der Waals surface area contributed by atoms with E-state index in [0.29, 0.717) is 0 Å². The summed E-state index contributed by atoms with van der Waals surface area (Å²) in [7, 11) is 0. The van der Waals surface area contributed by atoms with Gasteiger partial charge in [0.25, 0.3) is 5.79 Å². The summed E-state index contributed by atoms with van der Waals surface area (Å²) in [6.07, 6.45) is -0.904. The molecule has 0 saturated heterocycles. The highest BCUT2D eigenvalue weighted by molar-refractivity contribution is 5.76. The number of amides is 1. The van der Waals surface area contributed by atoms with Crippen molar-refractivity contribution in [2.75, 3.05) is 0 Å². The van der Waals surface area contributed by atoms with Crippen molar-refractivity contribution in [2.45, 2.75) is 18.6 Å². The fourth-order valence-corrected chi connectivity index (χ4v) is 0.423. The summed E-state index contributed by atoms with van der Waals surface area (Å²) in [4.78, 5) is 20.0. The molecule has 0 aliphatic heterocycles. The standard InChI is InChI=1S/C5H9FN2O3/c6-5(8,4(10)11)2-1-3(7)9/h1-2,8H2,(H2,7,9)(H,10,11)/t5-/m1/s1. The number of nitrogens with two attached hydrogens (primary N) is 1. The lowest BCUT2D eigenvalue weighted by molar-refractivity contribution is -0.526. The van der Waals surface area contributed by atoms with Crippen LogP contribution in [0, 0.1) is 0 Å².